The average molecular weight is 280 g/mol. The number of rotatable bonds is 5. The largest absolute Gasteiger partial charge is 0.494 e. The Morgan fingerprint density at radius 2 is 2.11 bits per heavy atom. The Bertz CT molecular complexity index is 551. The summed E-state index contributed by atoms with van der Waals surface area (Å²) in [6.45, 7) is 2.08. The van der Waals surface area contributed by atoms with Crippen molar-refractivity contribution in [3.8, 4) is 5.75 Å². The average Bonchev–Trinajstić information content (AvgIpc) is 2.88. The highest BCUT2D eigenvalue weighted by molar-refractivity contribution is 7.12. The van der Waals surface area contributed by atoms with Crippen molar-refractivity contribution in [3.63, 3.8) is 0 Å². The lowest BCUT2D eigenvalue weighted by atomic mass is 10.1. The lowest BCUT2D eigenvalue weighted by Gasteiger charge is -2.10. The van der Waals surface area contributed by atoms with Gasteiger partial charge >= 0.3 is 0 Å². The Morgan fingerprint density at radius 3 is 2.68 bits per heavy atom. The summed E-state index contributed by atoms with van der Waals surface area (Å²) in [5.74, 6) is -0.171. The lowest BCUT2D eigenvalue weighted by molar-refractivity contribution is 0.182. The Morgan fingerprint density at radius 1 is 1.32 bits per heavy atom. The molecule has 19 heavy (non-hydrogen) atoms. The first-order chi connectivity index (χ1) is 9.13. The molecule has 0 saturated heterocycles. The molecule has 102 valence electrons. The SMILES string of the molecule is CCc1ccc(C(O)Cc2ccc(OC)c(F)c2)s1. The summed E-state index contributed by atoms with van der Waals surface area (Å²) >= 11 is 1.60. The van der Waals surface area contributed by atoms with Crippen molar-refractivity contribution in [1.29, 1.82) is 0 Å². The molecule has 0 aliphatic heterocycles. The van der Waals surface area contributed by atoms with Crippen molar-refractivity contribution in [1.82, 2.24) is 0 Å². The van der Waals surface area contributed by atoms with E-state index in [0.717, 1.165) is 16.9 Å². The van der Waals surface area contributed by atoms with Crippen LogP contribution in [-0.2, 0) is 12.8 Å². The fourth-order valence-electron chi connectivity index (χ4n) is 1.92. The number of aliphatic hydroxyl groups is 1. The summed E-state index contributed by atoms with van der Waals surface area (Å²) in [5, 5.41) is 10.2. The zero-order valence-corrected chi connectivity index (χ0v) is 11.8. The molecule has 0 spiro atoms. The minimum Gasteiger partial charge on any atom is -0.494 e. The van der Waals surface area contributed by atoms with Crippen molar-refractivity contribution >= 4 is 11.3 Å². The van der Waals surface area contributed by atoms with E-state index in [9.17, 15) is 9.50 Å². The molecular formula is C15H17FO2S. The van der Waals surface area contributed by atoms with Crippen molar-refractivity contribution in [2.45, 2.75) is 25.9 Å². The maximum absolute atomic E-state index is 13.6. The highest BCUT2D eigenvalue weighted by Crippen LogP contribution is 2.27. The zero-order chi connectivity index (χ0) is 13.8. The number of thiophene rings is 1. The molecule has 1 aromatic heterocycles. The highest BCUT2D eigenvalue weighted by Gasteiger charge is 2.12. The van der Waals surface area contributed by atoms with Gasteiger partial charge in [0.05, 0.1) is 13.2 Å². The molecule has 0 bridgehead atoms. The van der Waals surface area contributed by atoms with Gasteiger partial charge in [-0.05, 0) is 36.2 Å². The van der Waals surface area contributed by atoms with E-state index in [1.165, 1.54) is 18.1 Å². The van der Waals surface area contributed by atoms with Crippen LogP contribution in [-0.4, -0.2) is 12.2 Å². The van der Waals surface area contributed by atoms with Gasteiger partial charge in [0.25, 0.3) is 0 Å². The van der Waals surface area contributed by atoms with Gasteiger partial charge in [-0.25, -0.2) is 4.39 Å². The molecule has 0 saturated carbocycles. The second kappa shape index (κ2) is 6.17. The first-order valence-corrected chi connectivity index (χ1v) is 7.04. The Labute approximate surface area is 116 Å². The fourth-order valence-corrected chi connectivity index (χ4v) is 2.86. The van der Waals surface area contributed by atoms with E-state index in [2.05, 4.69) is 6.92 Å². The molecule has 1 N–H and O–H groups in total. The van der Waals surface area contributed by atoms with E-state index in [-0.39, 0.29) is 5.75 Å². The number of hydrogen-bond donors (Lipinski definition) is 1. The van der Waals surface area contributed by atoms with Crippen LogP contribution in [0, 0.1) is 5.82 Å². The van der Waals surface area contributed by atoms with Gasteiger partial charge in [-0.1, -0.05) is 13.0 Å². The van der Waals surface area contributed by atoms with Crippen LogP contribution in [0.1, 0.15) is 28.3 Å². The second-order valence-electron chi connectivity index (χ2n) is 4.35. The van der Waals surface area contributed by atoms with Crippen LogP contribution in [0.3, 0.4) is 0 Å². The second-order valence-corrected chi connectivity index (χ2v) is 5.55. The Hall–Kier alpha value is -1.39. The topological polar surface area (TPSA) is 29.5 Å². The van der Waals surface area contributed by atoms with Gasteiger partial charge in [0.15, 0.2) is 11.6 Å². The van der Waals surface area contributed by atoms with E-state index in [1.807, 2.05) is 12.1 Å². The van der Waals surface area contributed by atoms with E-state index in [4.69, 9.17) is 4.74 Å². The van der Waals surface area contributed by atoms with Gasteiger partial charge in [-0.2, -0.15) is 0 Å². The van der Waals surface area contributed by atoms with Crippen LogP contribution < -0.4 is 4.74 Å². The minimum atomic E-state index is -0.585. The maximum atomic E-state index is 13.6. The van der Waals surface area contributed by atoms with Crippen LogP contribution >= 0.6 is 11.3 Å². The minimum absolute atomic E-state index is 0.225. The van der Waals surface area contributed by atoms with Crippen LogP contribution in [0.25, 0.3) is 0 Å². The summed E-state index contributed by atoms with van der Waals surface area (Å²) in [5.41, 5.74) is 0.761. The van der Waals surface area contributed by atoms with Gasteiger partial charge < -0.3 is 9.84 Å². The first-order valence-electron chi connectivity index (χ1n) is 6.23. The Kier molecular flexibility index (Phi) is 4.56. The van der Waals surface area contributed by atoms with Gasteiger partial charge in [0.2, 0.25) is 0 Å². The molecule has 2 rings (SSSR count). The third kappa shape index (κ3) is 3.33. The summed E-state index contributed by atoms with van der Waals surface area (Å²) in [4.78, 5) is 2.17. The van der Waals surface area contributed by atoms with Gasteiger partial charge in [0.1, 0.15) is 0 Å². The molecule has 2 aromatic rings. The molecule has 2 nitrogen and oxygen atoms in total. The standard InChI is InChI=1S/C15H17FO2S/c1-3-11-5-7-15(19-11)13(17)9-10-4-6-14(18-2)12(16)8-10/h4-8,13,17H,3,9H2,1-2H3. The molecule has 1 atom stereocenters. The number of hydrogen-bond acceptors (Lipinski definition) is 3. The van der Waals surface area contributed by atoms with Gasteiger partial charge in [-0.15, -0.1) is 11.3 Å². The summed E-state index contributed by atoms with van der Waals surface area (Å²) in [6, 6.07) is 8.74. The number of benzene rings is 1. The number of aliphatic hydroxyl groups excluding tert-OH is 1. The molecule has 0 radical (unpaired) electrons. The summed E-state index contributed by atoms with van der Waals surface area (Å²) in [6.07, 6.45) is 0.789. The highest BCUT2D eigenvalue weighted by atomic mass is 32.1. The molecule has 0 amide bonds. The molecule has 0 aliphatic rings. The predicted octanol–water partition coefficient (Wildman–Crippen LogP) is 3.73. The molecule has 4 heteroatoms. The molecule has 0 fully saturated rings. The van der Waals surface area contributed by atoms with Crippen LogP contribution in [0.4, 0.5) is 4.39 Å². The number of aryl methyl sites for hydroxylation is 1. The quantitative estimate of drug-likeness (QED) is 0.904. The van der Waals surface area contributed by atoms with Crippen molar-refractivity contribution in [3.05, 3.63) is 51.5 Å². The molecule has 1 aromatic carbocycles. The monoisotopic (exact) mass is 280 g/mol. The molecule has 0 aliphatic carbocycles. The van der Waals surface area contributed by atoms with E-state index in [0.29, 0.717) is 6.42 Å². The van der Waals surface area contributed by atoms with Gasteiger partial charge in [0, 0.05) is 16.2 Å². The normalized spacial score (nSPS) is 12.4. The van der Waals surface area contributed by atoms with Crippen molar-refractivity contribution in [2.24, 2.45) is 0 Å². The van der Waals surface area contributed by atoms with Crippen LogP contribution in [0.2, 0.25) is 0 Å². The lowest BCUT2D eigenvalue weighted by Crippen LogP contribution is -2.00. The zero-order valence-electron chi connectivity index (χ0n) is 11.0. The molecule has 1 unspecified atom stereocenters. The van der Waals surface area contributed by atoms with Gasteiger partial charge in [-0.3, -0.25) is 0 Å². The predicted molar refractivity (Wildman–Crippen MR) is 75.3 cm³/mol. The number of halogens is 1. The number of ether oxygens (including phenoxy) is 1. The van der Waals surface area contributed by atoms with E-state index < -0.39 is 11.9 Å². The smallest absolute Gasteiger partial charge is 0.165 e. The third-order valence-corrected chi connectivity index (χ3v) is 4.34. The van der Waals surface area contributed by atoms with E-state index in [1.54, 1.807) is 23.5 Å². The maximum Gasteiger partial charge on any atom is 0.165 e. The summed E-state index contributed by atoms with van der Waals surface area (Å²) < 4.78 is 18.4. The van der Waals surface area contributed by atoms with Crippen LogP contribution in [0.15, 0.2) is 30.3 Å². The Balaban J connectivity index is 2.10. The first kappa shape index (κ1) is 14.0. The molecule has 1 heterocycles. The summed E-state index contributed by atoms with van der Waals surface area (Å²) in [7, 11) is 1.44. The molecular weight excluding hydrogens is 263 g/mol. The fraction of sp³-hybridized carbons (Fsp3) is 0.333. The third-order valence-electron chi connectivity index (χ3n) is 3.00. The number of methoxy groups -OCH3 is 1. The van der Waals surface area contributed by atoms with Crippen molar-refractivity contribution < 1.29 is 14.2 Å². The van der Waals surface area contributed by atoms with Crippen LogP contribution in [0.5, 0.6) is 5.75 Å². The van der Waals surface area contributed by atoms with Crippen molar-refractivity contribution in [2.75, 3.05) is 7.11 Å². The van der Waals surface area contributed by atoms with E-state index >= 15 is 0 Å².